The fraction of sp³-hybridized carbons (Fsp3) is 0.947. The van der Waals surface area contributed by atoms with E-state index in [9.17, 15) is 45.3 Å². The molecule has 23 nitrogen and oxygen atoms in total. The Morgan fingerprint density at radius 1 is 0.393 bits per heavy atom. The summed E-state index contributed by atoms with van der Waals surface area (Å²) in [6.45, 7) is 7.87. The third-order valence-corrected chi connectivity index (χ3v) is 12.8. The van der Waals surface area contributed by atoms with E-state index in [0.29, 0.717) is 0 Å². The van der Waals surface area contributed by atoms with Gasteiger partial charge in [0.25, 0.3) is 12.9 Å². The predicted molar refractivity (Wildman–Crippen MR) is 197 cm³/mol. The Balaban J connectivity index is 1.29. The van der Waals surface area contributed by atoms with Crippen LogP contribution in [0.4, 0.5) is 0 Å². The molecule has 0 aromatic carbocycles. The number of carbonyl (C=O) groups excluding carboxylic acids is 2. The third kappa shape index (κ3) is 10.5. The molecule has 0 amide bonds. The zero-order chi connectivity index (χ0) is 44.9. The van der Waals surface area contributed by atoms with Crippen LogP contribution in [0.25, 0.3) is 0 Å². The summed E-state index contributed by atoms with van der Waals surface area (Å²) in [5.74, 6) is -1.44. The Hall–Kier alpha value is -1.82. The number of carbonyl (C=O) groups is 2. The molecular weight excluding hydrogens is 824 g/mol. The van der Waals surface area contributed by atoms with Crippen molar-refractivity contribution in [2.24, 2.45) is 29.6 Å². The summed E-state index contributed by atoms with van der Waals surface area (Å²) in [6.07, 6.45) is -26.8. The SMILES string of the molecule is COC1[C@H](O[C@H]2C(O)C(O)[C@@H](O[C@H]3C(OC)C(C)[C@H](O[C@@H]4C(CO)O[C@H](OC)C(O)[C@H]4O)O[C@H]3OC=O)O[C@H]2CO)OC(OC=O)[C@@H](O[C@H]2OC(CO)[C@@H](C)[C@H](C)C2C)[C@@H]1C. The van der Waals surface area contributed by atoms with E-state index in [2.05, 4.69) is 0 Å². The van der Waals surface area contributed by atoms with Gasteiger partial charge >= 0.3 is 0 Å². The van der Waals surface area contributed by atoms with Crippen LogP contribution in [-0.2, 0) is 75.9 Å². The molecule has 5 fully saturated rings. The fourth-order valence-corrected chi connectivity index (χ4v) is 8.73. The van der Waals surface area contributed by atoms with Crippen molar-refractivity contribution in [3.63, 3.8) is 0 Å². The lowest BCUT2D eigenvalue weighted by Crippen LogP contribution is -2.66. The molecule has 5 aliphatic rings. The van der Waals surface area contributed by atoms with Crippen molar-refractivity contribution >= 4 is 12.9 Å². The van der Waals surface area contributed by atoms with Gasteiger partial charge in [-0.1, -0.05) is 34.6 Å². The molecule has 0 radical (unpaired) electrons. The highest BCUT2D eigenvalue weighted by molar-refractivity contribution is 5.37. The van der Waals surface area contributed by atoms with Crippen molar-refractivity contribution in [2.45, 2.75) is 158 Å². The number of aliphatic hydroxyl groups excluding tert-OH is 7. The van der Waals surface area contributed by atoms with E-state index < -0.39 is 148 Å². The minimum Gasteiger partial charge on any atom is -0.435 e. The summed E-state index contributed by atoms with van der Waals surface area (Å²) in [5.41, 5.74) is 0. The van der Waals surface area contributed by atoms with Crippen LogP contribution < -0.4 is 0 Å². The molecule has 23 heteroatoms. The van der Waals surface area contributed by atoms with Crippen molar-refractivity contribution in [3.8, 4) is 0 Å². The highest BCUT2D eigenvalue weighted by atomic mass is 16.8. The topological polar surface area (TPSA) is 305 Å². The molecule has 5 heterocycles. The van der Waals surface area contributed by atoms with E-state index in [-0.39, 0.29) is 37.3 Å². The Labute approximate surface area is 353 Å². The van der Waals surface area contributed by atoms with E-state index in [4.69, 9.17) is 66.3 Å². The second-order valence-corrected chi connectivity index (χ2v) is 16.2. The lowest BCUT2D eigenvalue weighted by molar-refractivity contribution is -0.406. The molecule has 5 saturated heterocycles. The summed E-state index contributed by atoms with van der Waals surface area (Å²) in [6, 6.07) is 0. The smallest absolute Gasteiger partial charge is 0.295 e. The van der Waals surface area contributed by atoms with Gasteiger partial charge in [0.1, 0.15) is 67.1 Å². The molecule has 10 unspecified atom stereocenters. The first-order valence-corrected chi connectivity index (χ1v) is 20.3. The van der Waals surface area contributed by atoms with Crippen LogP contribution >= 0.6 is 0 Å². The molecule has 5 aliphatic heterocycles. The molecule has 0 spiro atoms. The average Bonchev–Trinajstić information content (AvgIpc) is 3.25. The summed E-state index contributed by atoms with van der Waals surface area (Å²) in [4.78, 5) is 23.4. The van der Waals surface area contributed by atoms with Crippen molar-refractivity contribution in [3.05, 3.63) is 0 Å². The average molecular weight is 889 g/mol. The molecule has 0 saturated carbocycles. The highest BCUT2D eigenvalue weighted by Crippen LogP contribution is 2.41. The molecule has 0 bridgehead atoms. The van der Waals surface area contributed by atoms with Gasteiger partial charge in [-0.2, -0.15) is 0 Å². The summed E-state index contributed by atoms with van der Waals surface area (Å²) in [7, 11) is 3.93. The molecule has 0 aromatic heterocycles. The Kier molecular flexibility index (Phi) is 18.4. The van der Waals surface area contributed by atoms with Gasteiger partial charge in [-0.15, -0.1) is 0 Å². The van der Waals surface area contributed by atoms with Gasteiger partial charge < -0.3 is 102 Å². The monoisotopic (exact) mass is 888 g/mol. The summed E-state index contributed by atoms with van der Waals surface area (Å²) >= 11 is 0. The first kappa shape index (κ1) is 50.2. The van der Waals surface area contributed by atoms with Crippen molar-refractivity contribution in [1.82, 2.24) is 0 Å². The lowest BCUT2D eigenvalue weighted by Gasteiger charge is -2.50. The first-order chi connectivity index (χ1) is 29.1. The van der Waals surface area contributed by atoms with E-state index in [0.717, 1.165) is 0 Å². The molecule has 5 rings (SSSR count). The third-order valence-electron chi connectivity index (χ3n) is 12.8. The second-order valence-electron chi connectivity index (χ2n) is 16.2. The molecule has 25 atom stereocenters. The normalized spacial score (nSPS) is 49.5. The van der Waals surface area contributed by atoms with Crippen LogP contribution in [0.15, 0.2) is 0 Å². The summed E-state index contributed by atoms with van der Waals surface area (Å²) < 4.78 is 81.2. The van der Waals surface area contributed by atoms with Gasteiger partial charge in [-0.3, -0.25) is 9.59 Å². The van der Waals surface area contributed by atoms with Crippen LogP contribution in [0.1, 0.15) is 34.6 Å². The van der Waals surface area contributed by atoms with Crippen molar-refractivity contribution < 1.29 is 112 Å². The van der Waals surface area contributed by atoms with Gasteiger partial charge in [0.15, 0.2) is 31.5 Å². The van der Waals surface area contributed by atoms with Crippen molar-refractivity contribution in [2.75, 3.05) is 41.2 Å². The number of rotatable bonds is 18. The molecule has 0 aromatic rings. The van der Waals surface area contributed by atoms with Crippen LogP contribution in [0.2, 0.25) is 0 Å². The van der Waals surface area contributed by atoms with E-state index in [1.165, 1.54) is 21.3 Å². The van der Waals surface area contributed by atoms with Crippen molar-refractivity contribution in [1.29, 1.82) is 0 Å². The van der Waals surface area contributed by atoms with Gasteiger partial charge in [-0.25, -0.2) is 0 Å². The number of hydrogen-bond acceptors (Lipinski definition) is 23. The molecule has 61 heavy (non-hydrogen) atoms. The lowest BCUT2D eigenvalue weighted by atomic mass is 9.79. The van der Waals surface area contributed by atoms with Gasteiger partial charge in [-0.05, 0) is 11.8 Å². The minimum atomic E-state index is -1.89. The first-order valence-electron chi connectivity index (χ1n) is 20.3. The molecule has 354 valence electrons. The van der Waals surface area contributed by atoms with E-state index in [1.54, 1.807) is 13.8 Å². The fourth-order valence-electron chi connectivity index (χ4n) is 8.73. The minimum absolute atomic E-state index is 0.0375. The maximum absolute atomic E-state index is 11.7. The van der Waals surface area contributed by atoms with Gasteiger partial charge in [0, 0.05) is 39.1 Å². The van der Waals surface area contributed by atoms with Crippen LogP contribution in [0.3, 0.4) is 0 Å². The predicted octanol–water partition coefficient (Wildman–Crippen LogP) is -3.31. The Morgan fingerprint density at radius 2 is 0.836 bits per heavy atom. The van der Waals surface area contributed by atoms with Gasteiger partial charge in [0.05, 0.1) is 32.0 Å². The van der Waals surface area contributed by atoms with E-state index in [1.807, 2.05) is 20.8 Å². The zero-order valence-corrected chi connectivity index (χ0v) is 35.4. The quantitative estimate of drug-likeness (QED) is 0.0663. The molecule has 7 N–H and O–H groups in total. The molecule has 0 aliphatic carbocycles. The number of methoxy groups -OCH3 is 3. The van der Waals surface area contributed by atoms with Gasteiger partial charge in [0.2, 0.25) is 12.6 Å². The molecular formula is C38H64O23. The number of hydrogen-bond donors (Lipinski definition) is 7. The van der Waals surface area contributed by atoms with Crippen LogP contribution in [0.5, 0.6) is 0 Å². The van der Waals surface area contributed by atoms with Crippen LogP contribution in [0, 0.1) is 29.6 Å². The highest BCUT2D eigenvalue weighted by Gasteiger charge is 2.56. The largest absolute Gasteiger partial charge is 0.435 e. The standard InChI is InChI=1S/C38H64O23/c1-14-15(2)19(9-39)53-32(16(14)3)56-28-17(4)27(49-7)38(61-36(28)51-12-42)58-30-21(11-41)55-35(25(47)23(30)45)59-31-26(48-6)18(5)33(60-37(31)52-13-43)57-29-20(10-40)54-34(50-8)24(46)22(29)44/h12-41,44-47H,9-11H2,1-8H3/t14-,15-,16?,17+,18?,19?,20?,21-,22+,23?,24?,25?,26?,27?,28-,29+,30+,31-,32+,33+,34-,35+,36?,37+,38+/m0/s1. The van der Waals surface area contributed by atoms with E-state index >= 15 is 0 Å². The summed E-state index contributed by atoms with van der Waals surface area (Å²) in [5, 5.41) is 74.7. The van der Waals surface area contributed by atoms with Crippen LogP contribution in [-0.4, -0.2) is 213 Å². The second kappa shape index (κ2) is 22.4. The zero-order valence-electron chi connectivity index (χ0n) is 35.4. The maximum Gasteiger partial charge on any atom is 0.295 e. The number of ether oxygens (including phenoxy) is 14. The Morgan fingerprint density at radius 3 is 1.36 bits per heavy atom. The maximum atomic E-state index is 11.7. The Bertz CT molecular complexity index is 1340. The number of aliphatic hydroxyl groups is 7.